The Bertz CT molecular complexity index is 3740. The third kappa shape index (κ3) is 7.48. The Morgan fingerprint density at radius 1 is 0.306 bits per heavy atom. The summed E-state index contributed by atoms with van der Waals surface area (Å²) in [4.78, 5) is 34.4. The van der Waals surface area contributed by atoms with E-state index in [4.69, 9.17) is 36.5 Å². The summed E-state index contributed by atoms with van der Waals surface area (Å²) in [7, 11) is 0. The largest absolute Gasteiger partial charge is 0.238 e. The number of rotatable bonds is 8. The van der Waals surface area contributed by atoms with Crippen LogP contribution in [0.15, 0.2) is 218 Å². The summed E-state index contributed by atoms with van der Waals surface area (Å²) in [5.74, 6) is 3.50. The molecule has 0 spiro atoms. The fraction of sp³-hybridized carbons (Fsp3) is 0.0312. The van der Waals surface area contributed by atoms with E-state index in [1.165, 1.54) is 33.4 Å². The van der Waals surface area contributed by atoms with Gasteiger partial charge in [-0.1, -0.05) is 182 Å². The van der Waals surface area contributed by atoms with Crippen LogP contribution in [0.25, 0.3) is 95.4 Å². The zero-order valence-corrected chi connectivity index (χ0v) is 38.5. The maximum atomic E-state index is 9.40. The van der Waals surface area contributed by atoms with Crippen LogP contribution >= 0.6 is 0 Å². The van der Waals surface area contributed by atoms with Crippen molar-refractivity contribution in [1.82, 2.24) is 29.9 Å². The molecule has 11 aromatic rings. The SMILES string of the molecule is [C-]#[N+]c1ccc(-c2cccc(-c3nc(-c4ccccc4)nc(-c4ccc5c(c4)C4c6ccccc6C5c5cc(-c6nc(-c7ccccc7)nc(-c7cccc(-c8ccc(C#N)cc8)c7)n6)ccc54)n3)c2)cc1. The van der Waals surface area contributed by atoms with E-state index in [0.29, 0.717) is 46.2 Å². The van der Waals surface area contributed by atoms with Crippen molar-refractivity contribution in [3.8, 4) is 96.7 Å². The van der Waals surface area contributed by atoms with Gasteiger partial charge in [-0.2, -0.15) is 5.26 Å². The molecule has 2 heterocycles. The van der Waals surface area contributed by atoms with E-state index in [2.05, 4.69) is 95.8 Å². The van der Waals surface area contributed by atoms with Crippen LogP contribution in [-0.2, 0) is 0 Å². The lowest BCUT2D eigenvalue weighted by Crippen LogP contribution is -2.27. The normalized spacial score (nSPS) is 13.8. The highest BCUT2D eigenvalue weighted by Crippen LogP contribution is 2.56. The lowest BCUT2D eigenvalue weighted by molar-refractivity contribution is 0.754. The Hall–Kier alpha value is -10.0. The lowest BCUT2D eigenvalue weighted by Gasteiger charge is -2.42. The molecule has 0 saturated carbocycles. The third-order valence-electron chi connectivity index (χ3n) is 13.8. The average Bonchev–Trinajstić information content (AvgIpc) is 3.47. The van der Waals surface area contributed by atoms with Crippen molar-refractivity contribution in [2.24, 2.45) is 0 Å². The molecule has 72 heavy (non-hydrogen) atoms. The van der Waals surface area contributed by atoms with Crippen molar-refractivity contribution in [1.29, 1.82) is 5.26 Å². The molecule has 3 aliphatic rings. The molecule has 0 amide bonds. The van der Waals surface area contributed by atoms with Crippen LogP contribution in [-0.4, -0.2) is 29.9 Å². The minimum absolute atomic E-state index is 0.0233. The molecule has 8 heteroatoms. The summed E-state index contributed by atoms with van der Waals surface area (Å²) in [6.07, 6.45) is 0. The minimum atomic E-state index is -0.0235. The maximum absolute atomic E-state index is 9.40. The Morgan fingerprint density at radius 2 is 0.639 bits per heavy atom. The van der Waals surface area contributed by atoms with E-state index in [1.54, 1.807) is 0 Å². The number of hydrogen-bond acceptors (Lipinski definition) is 7. The Kier molecular flexibility index (Phi) is 10.2. The first kappa shape index (κ1) is 42.1. The number of nitrogens with zero attached hydrogens (tertiary/aromatic N) is 8. The van der Waals surface area contributed by atoms with Crippen LogP contribution in [0.3, 0.4) is 0 Å². The molecule has 0 saturated heterocycles. The number of hydrogen-bond donors (Lipinski definition) is 0. The summed E-state index contributed by atoms with van der Waals surface area (Å²) in [5.41, 5.74) is 18.2. The van der Waals surface area contributed by atoms with Crippen LogP contribution in [0.5, 0.6) is 0 Å². The third-order valence-corrected chi connectivity index (χ3v) is 13.8. The van der Waals surface area contributed by atoms with Gasteiger partial charge in [0.25, 0.3) is 0 Å². The van der Waals surface area contributed by atoms with Gasteiger partial charge in [-0.15, -0.1) is 0 Å². The topological polar surface area (TPSA) is 105 Å². The first-order chi connectivity index (χ1) is 35.5. The molecule has 0 fully saturated rings. The van der Waals surface area contributed by atoms with Gasteiger partial charge in [-0.05, 0) is 92.0 Å². The number of nitriles is 1. The molecule has 2 aromatic heterocycles. The summed E-state index contributed by atoms with van der Waals surface area (Å²) in [5, 5.41) is 9.40. The molecule has 0 radical (unpaired) electrons. The molecule has 8 nitrogen and oxygen atoms in total. The van der Waals surface area contributed by atoms with E-state index in [9.17, 15) is 5.26 Å². The van der Waals surface area contributed by atoms with Gasteiger partial charge < -0.3 is 0 Å². The van der Waals surface area contributed by atoms with E-state index >= 15 is 0 Å². The Balaban J connectivity index is 0.907. The summed E-state index contributed by atoms with van der Waals surface area (Å²) >= 11 is 0. The number of aromatic nitrogens is 6. The molecular weight excluding hydrogens is 881 g/mol. The van der Waals surface area contributed by atoms with Crippen molar-refractivity contribution in [2.75, 3.05) is 0 Å². The molecule has 0 N–H and O–H groups in total. The van der Waals surface area contributed by atoms with Crippen LogP contribution in [0.1, 0.15) is 50.8 Å². The number of benzene rings is 9. The van der Waals surface area contributed by atoms with Gasteiger partial charge in [0.2, 0.25) is 0 Å². The summed E-state index contributed by atoms with van der Waals surface area (Å²) < 4.78 is 0. The Labute approximate surface area is 416 Å². The summed E-state index contributed by atoms with van der Waals surface area (Å²) in [6, 6.07) is 76.3. The van der Waals surface area contributed by atoms with Gasteiger partial charge in [-0.3, -0.25) is 0 Å². The second-order valence-electron chi connectivity index (χ2n) is 18.0. The van der Waals surface area contributed by atoms with E-state index in [-0.39, 0.29) is 11.8 Å². The van der Waals surface area contributed by atoms with Gasteiger partial charge in [0, 0.05) is 45.2 Å². The minimum Gasteiger partial charge on any atom is -0.238 e. The smallest absolute Gasteiger partial charge is 0.187 e. The molecule has 3 aliphatic carbocycles. The predicted octanol–water partition coefficient (Wildman–Crippen LogP) is 14.8. The van der Waals surface area contributed by atoms with Crippen LogP contribution in [0.4, 0.5) is 5.69 Å². The average molecular weight is 919 g/mol. The zero-order valence-electron chi connectivity index (χ0n) is 38.5. The van der Waals surface area contributed by atoms with Crippen molar-refractivity contribution in [3.63, 3.8) is 0 Å². The molecule has 0 aliphatic heterocycles. The summed E-state index contributed by atoms with van der Waals surface area (Å²) in [6.45, 7) is 7.40. The molecule has 2 bridgehead atoms. The van der Waals surface area contributed by atoms with Crippen molar-refractivity contribution in [2.45, 2.75) is 11.8 Å². The quantitative estimate of drug-likeness (QED) is 0.140. The van der Waals surface area contributed by atoms with Gasteiger partial charge in [0.1, 0.15) is 0 Å². The van der Waals surface area contributed by atoms with Crippen LogP contribution in [0.2, 0.25) is 0 Å². The van der Waals surface area contributed by atoms with Crippen molar-refractivity contribution >= 4 is 5.69 Å². The second kappa shape index (κ2) is 17.5. The van der Waals surface area contributed by atoms with Gasteiger partial charge in [0.15, 0.2) is 40.6 Å². The Morgan fingerprint density at radius 3 is 1.06 bits per heavy atom. The van der Waals surface area contributed by atoms with Crippen molar-refractivity contribution in [3.05, 3.63) is 269 Å². The standard InChI is InChI=1S/C64H38N8/c1-66-50-30-26-41(27-31-50)45-17-11-19-47(35-45)62-68-60(43-14-6-3-7-15-43)70-64(72-62)49-29-33-54-56(37-49)58-52-21-9-8-20-51(52)57(54)55-36-48(28-32-53(55)58)63-69-59(42-12-4-2-5-13-42)67-61(71-63)46-18-10-16-44(34-46)40-24-22-39(38-65)23-25-40/h2-37,57-58H. The highest BCUT2D eigenvalue weighted by molar-refractivity contribution is 5.78. The van der Waals surface area contributed by atoms with Gasteiger partial charge >= 0.3 is 0 Å². The maximum Gasteiger partial charge on any atom is 0.187 e. The molecule has 2 unspecified atom stereocenters. The highest BCUT2D eigenvalue weighted by Gasteiger charge is 2.41. The highest BCUT2D eigenvalue weighted by atomic mass is 15.0. The molecule has 14 rings (SSSR count). The second-order valence-corrected chi connectivity index (χ2v) is 18.0. The van der Waals surface area contributed by atoms with E-state index < -0.39 is 0 Å². The monoisotopic (exact) mass is 918 g/mol. The first-order valence-corrected chi connectivity index (χ1v) is 23.7. The van der Waals surface area contributed by atoms with Gasteiger partial charge in [0.05, 0.1) is 18.2 Å². The fourth-order valence-electron chi connectivity index (χ4n) is 10.3. The van der Waals surface area contributed by atoms with Crippen LogP contribution < -0.4 is 0 Å². The van der Waals surface area contributed by atoms with Crippen LogP contribution in [0, 0.1) is 17.9 Å². The molecule has 9 aromatic carbocycles. The fourth-order valence-corrected chi connectivity index (χ4v) is 10.3. The van der Waals surface area contributed by atoms with E-state index in [0.717, 1.165) is 55.6 Å². The van der Waals surface area contributed by atoms with Gasteiger partial charge in [-0.25, -0.2) is 34.7 Å². The van der Waals surface area contributed by atoms with E-state index in [1.807, 2.05) is 133 Å². The van der Waals surface area contributed by atoms with Crippen molar-refractivity contribution < 1.29 is 0 Å². The first-order valence-electron chi connectivity index (χ1n) is 23.7. The predicted molar refractivity (Wildman–Crippen MR) is 282 cm³/mol. The molecule has 2 atom stereocenters. The lowest BCUT2D eigenvalue weighted by atomic mass is 9.61. The zero-order chi connectivity index (χ0) is 48.1. The molecule has 334 valence electrons. The molecular formula is C64H38N8.